The van der Waals surface area contributed by atoms with Gasteiger partial charge in [-0.25, -0.2) is 4.79 Å². The minimum Gasteiger partial charge on any atom is -0.496 e. The lowest BCUT2D eigenvalue weighted by Gasteiger charge is -2.33. The van der Waals surface area contributed by atoms with Crippen molar-refractivity contribution in [2.75, 3.05) is 24.9 Å². The summed E-state index contributed by atoms with van der Waals surface area (Å²) in [5, 5.41) is 8.63. The van der Waals surface area contributed by atoms with Crippen LogP contribution in [0.2, 0.25) is 0 Å². The summed E-state index contributed by atoms with van der Waals surface area (Å²) < 4.78 is 10.6. The van der Waals surface area contributed by atoms with Gasteiger partial charge in [0.1, 0.15) is 16.4 Å². The van der Waals surface area contributed by atoms with E-state index >= 15 is 0 Å². The number of methoxy groups -OCH3 is 2. The van der Waals surface area contributed by atoms with E-state index in [9.17, 15) is 19.2 Å². The van der Waals surface area contributed by atoms with Crippen LogP contribution in [0.15, 0.2) is 89.5 Å². The predicted molar refractivity (Wildman–Crippen MR) is 205 cm³/mol. The number of ether oxygens (including phenoxy) is 2. The summed E-state index contributed by atoms with van der Waals surface area (Å²) in [4.78, 5) is 55.0. The largest absolute Gasteiger partial charge is 0.496 e. The summed E-state index contributed by atoms with van der Waals surface area (Å²) >= 11 is 2.78. The van der Waals surface area contributed by atoms with E-state index in [0.717, 1.165) is 34.6 Å². The second-order valence-corrected chi connectivity index (χ2v) is 15.9. The lowest BCUT2D eigenvalue weighted by molar-refractivity contribution is -0.115. The van der Waals surface area contributed by atoms with Gasteiger partial charge in [-0.05, 0) is 85.6 Å². The molecule has 1 aliphatic carbocycles. The molecule has 3 N–H and O–H groups in total. The number of carbonyl (C=O) groups excluding carboxylic acids is 4. The van der Waals surface area contributed by atoms with Crippen molar-refractivity contribution in [3.63, 3.8) is 0 Å². The van der Waals surface area contributed by atoms with Crippen LogP contribution in [0.25, 0.3) is 6.08 Å². The van der Waals surface area contributed by atoms with Crippen LogP contribution in [-0.4, -0.2) is 43.2 Å². The molecule has 0 saturated heterocycles. The van der Waals surface area contributed by atoms with E-state index in [4.69, 9.17) is 9.47 Å². The molecule has 1 aliphatic rings. The maximum absolute atomic E-state index is 13.7. The lowest BCUT2D eigenvalue weighted by Crippen LogP contribution is -2.30. The third kappa shape index (κ3) is 9.28. The molecule has 4 aromatic rings. The molecule has 0 spiro atoms. The summed E-state index contributed by atoms with van der Waals surface area (Å²) in [5.41, 5.74) is 3.08. The van der Waals surface area contributed by atoms with Crippen molar-refractivity contribution in [3.8, 4) is 5.75 Å². The molecule has 266 valence electrons. The van der Waals surface area contributed by atoms with Crippen molar-refractivity contribution < 1.29 is 28.7 Å². The number of esters is 1. The smallest absolute Gasteiger partial charge is 0.341 e. The van der Waals surface area contributed by atoms with Crippen LogP contribution in [0.1, 0.15) is 70.8 Å². The van der Waals surface area contributed by atoms with Gasteiger partial charge in [0.15, 0.2) is 0 Å². The molecule has 9 nitrogen and oxygen atoms in total. The molecule has 1 heterocycles. The number of benzene rings is 3. The van der Waals surface area contributed by atoms with Gasteiger partial charge in [0.25, 0.3) is 11.8 Å². The van der Waals surface area contributed by atoms with Gasteiger partial charge in [-0.3, -0.25) is 14.4 Å². The Bertz CT molecular complexity index is 1950. The predicted octanol–water partition coefficient (Wildman–Crippen LogP) is 8.22. The summed E-state index contributed by atoms with van der Waals surface area (Å²) in [6.07, 6.45) is 4.16. The van der Waals surface area contributed by atoms with E-state index in [2.05, 4.69) is 36.7 Å². The maximum atomic E-state index is 13.7. The molecule has 0 fully saturated rings. The van der Waals surface area contributed by atoms with Crippen LogP contribution >= 0.6 is 23.1 Å². The highest BCUT2D eigenvalue weighted by molar-refractivity contribution is 8.00. The summed E-state index contributed by atoms with van der Waals surface area (Å²) in [5.74, 6) is -0.655. The SMILES string of the molecule is COC(=O)c1c(NC(=O)C(C)Sc2cccc(NC(=O)/C(=C\c3ccccc3OC)NC(=O)c3ccccc3)c2)sc2c1CCC(C(C)(C)C)C2. The molecule has 0 aliphatic heterocycles. The van der Waals surface area contributed by atoms with E-state index in [1.165, 1.54) is 37.3 Å². The zero-order valence-electron chi connectivity index (χ0n) is 29.6. The van der Waals surface area contributed by atoms with Gasteiger partial charge in [-0.15, -0.1) is 23.1 Å². The Hall–Kier alpha value is -4.87. The maximum Gasteiger partial charge on any atom is 0.341 e. The number of para-hydroxylation sites is 1. The number of thioether (sulfide) groups is 1. The second-order valence-electron chi connectivity index (χ2n) is 13.4. The second kappa shape index (κ2) is 16.4. The Morgan fingerprint density at radius 2 is 1.67 bits per heavy atom. The number of fused-ring (bicyclic) bond motifs is 1. The van der Waals surface area contributed by atoms with Crippen molar-refractivity contribution in [1.29, 1.82) is 0 Å². The van der Waals surface area contributed by atoms with Crippen molar-refractivity contribution in [2.45, 2.75) is 57.1 Å². The minimum atomic E-state index is -0.538. The fourth-order valence-corrected chi connectivity index (χ4v) is 8.18. The molecule has 3 aromatic carbocycles. The Morgan fingerprint density at radius 3 is 2.37 bits per heavy atom. The first-order valence-corrected chi connectivity index (χ1v) is 18.4. The summed E-state index contributed by atoms with van der Waals surface area (Å²) in [7, 11) is 2.89. The van der Waals surface area contributed by atoms with E-state index in [1.807, 2.05) is 18.2 Å². The van der Waals surface area contributed by atoms with Crippen molar-refractivity contribution in [1.82, 2.24) is 5.32 Å². The molecule has 51 heavy (non-hydrogen) atoms. The molecule has 2 unspecified atom stereocenters. The normalized spacial score (nSPS) is 14.9. The average molecular weight is 726 g/mol. The Kier molecular flexibility index (Phi) is 12.0. The monoisotopic (exact) mass is 725 g/mol. The van der Waals surface area contributed by atoms with Crippen molar-refractivity contribution >= 4 is 63.6 Å². The first-order valence-electron chi connectivity index (χ1n) is 16.7. The molecule has 2 atom stereocenters. The minimum absolute atomic E-state index is 0.0213. The molecule has 3 amide bonds. The quantitative estimate of drug-likeness (QED) is 0.0809. The van der Waals surface area contributed by atoms with Gasteiger partial charge in [0.05, 0.1) is 25.0 Å². The number of anilines is 2. The van der Waals surface area contributed by atoms with Gasteiger partial charge in [-0.2, -0.15) is 0 Å². The molecule has 11 heteroatoms. The van der Waals surface area contributed by atoms with Gasteiger partial charge in [0, 0.05) is 26.6 Å². The van der Waals surface area contributed by atoms with E-state index < -0.39 is 23.0 Å². The lowest BCUT2D eigenvalue weighted by atomic mass is 9.72. The highest BCUT2D eigenvalue weighted by Crippen LogP contribution is 2.44. The van der Waals surface area contributed by atoms with Crippen molar-refractivity contribution in [3.05, 3.63) is 112 Å². The number of rotatable bonds is 11. The fraction of sp³-hybridized carbons (Fsp3) is 0.300. The number of thiophene rings is 1. The molecule has 0 radical (unpaired) electrons. The van der Waals surface area contributed by atoms with Crippen LogP contribution in [-0.2, 0) is 27.2 Å². The zero-order valence-corrected chi connectivity index (χ0v) is 31.3. The van der Waals surface area contributed by atoms with Crippen LogP contribution in [0.3, 0.4) is 0 Å². The number of amides is 3. The third-order valence-corrected chi connectivity index (χ3v) is 11.1. The van der Waals surface area contributed by atoms with Crippen LogP contribution in [0.4, 0.5) is 10.7 Å². The fourth-order valence-electron chi connectivity index (χ4n) is 5.93. The Morgan fingerprint density at radius 1 is 0.941 bits per heavy atom. The average Bonchev–Trinajstić information content (AvgIpc) is 3.48. The summed E-state index contributed by atoms with van der Waals surface area (Å²) in [6, 6.07) is 22.9. The standard InChI is InChI=1S/C40H43N3O6S2/c1-24(35(44)43-38-34(39(47)49-6)30-20-19-27(40(2,3)4)22-33(30)51-38)50-29-17-12-16-28(23-29)41-37(46)31(21-26-15-10-11-18-32(26)48-5)42-36(45)25-13-8-7-9-14-25/h7-18,21,23-24,27H,19-20,22H2,1-6H3,(H,41,46)(H,42,45)(H,43,44)/b31-21+. The van der Waals surface area contributed by atoms with Gasteiger partial charge in [0.2, 0.25) is 5.91 Å². The van der Waals surface area contributed by atoms with Crippen LogP contribution in [0, 0.1) is 11.3 Å². The third-order valence-electron chi connectivity index (χ3n) is 8.86. The highest BCUT2D eigenvalue weighted by Gasteiger charge is 2.34. The number of hydrogen-bond acceptors (Lipinski definition) is 8. The highest BCUT2D eigenvalue weighted by atomic mass is 32.2. The zero-order chi connectivity index (χ0) is 36.7. The summed E-state index contributed by atoms with van der Waals surface area (Å²) in [6.45, 7) is 8.50. The first-order chi connectivity index (χ1) is 24.4. The van der Waals surface area contributed by atoms with Gasteiger partial charge in [-0.1, -0.05) is 63.2 Å². The Labute approximate surface area is 307 Å². The molecular weight excluding hydrogens is 683 g/mol. The molecule has 5 rings (SSSR count). The van der Waals surface area contributed by atoms with Crippen LogP contribution in [0.5, 0.6) is 5.75 Å². The number of nitrogens with one attached hydrogen (secondary N) is 3. The molecule has 0 saturated carbocycles. The number of hydrogen-bond donors (Lipinski definition) is 3. The Balaban J connectivity index is 1.31. The topological polar surface area (TPSA) is 123 Å². The van der Waals surface area contributed by atoms with Gasteiger partial charge >= 0.3 is 5.97 Å². The number of carbonyl (C=O) groups is 4. The van der Waals surface area contributed by atoms with E-state index in [1.54, 1.807) is 73.7 Å². The molecule has 1 aromatic heterocycles. The first kappa shape index (κ1) is 37.4. The van der Waals surface area contributed by atoms with Crippen LogP contribution < -0.4 is 20.7 Å². The van der Waals surface area contributed by atoms with E-state index in [-0.39, 0.29) is 17.0 Å². The molecular formula is C40H43N3O6S2. The van der Waals surface area contributed by atoms with Gasteiger partial charge < -0.3 is 25.4 Å². The molecule has 0 bridgehead atoms. The van der Waals surface area contributed by atoms with Crippen molar-refractivity contribution in [2.24, 2.45) is 11.3 Å². The van der Waals surface area contributed by atoms with E-state index in [0.29, 0.717) is 39.0 Å².